The predicted octanol–water partition coefficient (Wildman–Crippen LogP) is 3.04. The summed E-state index contributed by atoms with van der Waals surface area (Å²) in [5, 5.41) is 0. The summed E-state index contributed by atoms with van der Waals surface area (Å²) in [5.74, 6) is -0.681. The van der Waals surface area contributed by atoms with Crippen LogP contribution in [0.2, 0.25) is 0 Å². The number of carbonyl (C=O) groups excluding carboxylic acids is 1. The molecule has 3 rings (SSSR count). The third-order valence-electron chi connectivity index (χ3n) is 4.41. The van der Waals surface area contributed by atoms with Crippen LogP contribution in [-0.4, -0.2) is 52.2 Å². The van der Waals surface area contributed by atoms with Crippen LogP contribution >= 0.6 is 0 Å². The maximum atomic E-state index is 13.4. The van der Waals surface area contributed by atoms with Gasteiger partial charge in [-0.05, 0) is 39.0 Å². The minimum absolute atomic E-state index is 0.0746. The van der Waals surface area contributed by atoms with Crippen LogP contribution in [0.5, 0.6) is 0 Å². The predicted molar refractivity (Wildman–Crippen MR) is 85.3 cm³/mol. The van der Waals surface area contributed by atoms with Gasteiger partial charge in [0, 0.05) is 12.1 Å². The van der Waals surface area contributed by atoms with E-state index in [-0.39, 0.29) is 18.7 Å². The molecule has 2 aromatic rings. The highest BCUT2D eigenvalue weighted by Gasteiger charge is 2.50. The first-order valence-electron chi connectivity index (χ1n) is 7.93. The average molecular weight is 353 g/mol. The van der Waals surface area contributed by atoms with Crippen molar-refractivity contribution in [2.45, 2.75) is 39.1 Å². The molecule has 0 saturated carbocycles. The minimum Gasteiger partial charge on any atom is -0.374 e. The second-order valence-electron chi connectivity index (χ2n) is 6.16. The number of ether oxygens (including phenoxy) is 1. The molecule has 8 heteroatoms. The van der Waals surface area contributed by atoms with Gasteiger partial charge < -0.3 is 9.64 Å². The van der Waals surface area contributed by atoms with E-state index in [2.05, 4.69) is 9.97 Å². The molecule has 1 saturated heterocycles. The molecule has 0 radical (unpaired) electrons. The van der Waals surface area contributed by atoms with Crippen molar-refractivity contribution in [3.8, 4) is 0 Å². The fraction of sp³-hybridized carbons (Fsp3) is 0.471. The van der Waals surface area contributed by atoms with E-state index in [9.17, 15) is 18.0 Å². The number of halogens is 3. The molecular weight excluding hydrogens is 335 g/mol. The van der Waals surface area contributed by atoms with Crippen molar-refractivity contribution in [1.82, 2.24) is 14.9 Å². The number of alkyl halides is 3. The van der Waals surface area contributed by atoms with Crippen LogP contribution in [0, 0.1) is 13.8 Å². The number of rotatable bonds is 1. The highest BCUT2D eigenvalue weighted by Crippen LogP contribution is 2.32. The second kappa shape index (κ2) is 6.25. The molecule has 5 nitrogen and oxygen atoms in total. The van der Waals surface area contributed by atoms with Crippen molar-refractivity contribution in [3.63, 3.8) is 0 Å². The molecule has 0 spiro atoms. The Morgan fingerprint density at radius 3 is 2.48 bits per heavy atom. The zero-order valence-corrected chi connectivity index (χ0v) is 14.1. The summed E-state index contributed by atoms with van der Waals surface area (Å²) in [6, 6.07) is 2.62. The van der Waals surface area contributed by atoms with E-state index in [4.69, 9.17) is 4.74 Å². The van der Waals surface area contributed by atoms with E-state index < -0.39 is 24.2 Å². The van der Waals surface area contributed by atoms with Crippen molar-refractivity contribution < 1.29 is 22.7 Å². The Morgan fingerprint density at radius 2 is 1.84 bits per heavy atom. The molecule has 1 amide bonds. The van der Waals surface area contributed by atoms with Gasteiger partial charge >= 0.3 is 6.18 Å². The van der Waals surface area contributed by atoms with Crippen LogP contribution in [0.3, 0.4) is 0 Å². The monoisotopic (exact) mass is 353 g/mol. The highest BCUT2D eigenvalue weighted by molar-refractivity contribution is 5.97. The molecule has 0 N–H and O–H groups in total. The van der Waals surface area contributed by atoms with Gasteiger partial charge in [0.1, 0.15) is 0 Å². The van der Waals surface area contributed by atoms with Gasteiger partial charge in [-0.1, -0.05) is 0 Å². The smallest absolute Gasteiger partial charge is 0.374 e. The van der Waals surface area contributed by atoms with E-state index in [1.165, 1.54) is 19.1 Å². The fourth-order valence-electron chi connectivity index (χ4n) is 3.02. The Kier molecular flexibility index (Phi) is 4.40. The van der Waals surface area contributed by atoms with Gasteiger partial charge in [-0.2, -0.15) is 13.2 Å². The maximum absolute atomic E-state index is 13.4. The standard InChI is InChI=1S/C17H18F3N3O2/c1-9-10(2)22-14-8-12(4-5-13(14)21-9)16(24)23-6-7-25-11(3)15(23)17(18,19)20/h4-5,8,11,15H,6-7H2,1-3H3/t11-,15-/m0/s1. The molecule has 0 bridgehead atoms. The van der Waals surface area contributed by atoms with Crippen molar-refractivity contribution in [2.24, 2.45) is 0 Å². The Balaban J connectivity index is 1.98. The third kappa shape index (κ3) is 3.30. The van der Waals surface area contributed by atoms with Crippen LogP contribution in [0.15, 0.2) is 18.2 Å². The molecule has 134 valence electrons. The Labute approximate surface area is 142 Å². The van der Waals surface area contributed by atoms with Crippen molar-refractivity contribution >= 4 is 16.9 Å². The van der Waals surface area contributed by atoms with Crippen LogP contribution < -0.4 is 0 Å². The summed E-state index contributed by atoms with van der Waals surface area (Å²) in [6.07, 6.45) is -5.66. The van der Waals surface area contributed by atoms with Gasteiger partial charge in [-0.15, -0.1) is 0 Å². The molecule has 1 aliphatic rings. The Hall–Kier alpha value is -2.22. The number of aromatic nitrogens is 2. The van der Waals surface area contributed by atoms with E-state index in [0.29, 0.717) is 16.7 Å². The molecule has 2 atom stereocenters. The summed E-state index contributed by atoms with van der Waals surface area (Å²) >= 11 is 0. The number of morpholine rings is 1. The number of benzene rings is 1. The van der Waals surface area contributed by atoms with Crippen LogP contribution in [0.25, 0.3) is 11.0 Å². The molecule has 1 aliphatic heterocycles. The number of fused-ring (bicyclic) bond motifs is 1. The number of aryl methyl sites for hydroxylation is 2. The lowest BCUT2D eigenvalue weighted by Crippen LogP contribution is -2.59. The third-order valence-corrected chi connectivity index (χ3v) is 4.41. The van der Waals surface area contributed by atoms with E-state index in [1.54, 1.807) is 13.0 Å². The van der Waals surface area contributed by atoms with Gasteiger partial charge in [0.05, 0.1) is 35.1 Å². The normalized spacial score (nSPS) is 21.6. The van der Waals surface area contributed by atoms with Crippen molar-refractivity contribution in [2.75, 3.05) is 13.2 Å². The number of carbonyl (C=O) groups is 1. The summed E-state index contributed by atoms with van der Waals surface area (Å²) in [6.45, 7) is 4.91. The van der Waals surface area contributed by atoms with Crippen LogP contribution in [0.4, 0.5) is 13.2 Å². The lowest BCUT2D eigenvalue weighted by Gasteiger charge is -2.40. The molecule has 1 fully saturated rings. The number of hydrogen-bond donors (Lipinski definition) is 0. The molecule has 0 unspecified atom stereocenters. The van der Waals surface area contributed by atoms with Gasteiger partial charge in [-0.3, -0.25) is 4.79 Å². The Bertz CT molecular complexity index is 823. The minimum atomic E-state index is -4.56. The first kappa shape index (κ1) is 17.6. The Morgan fingerprint density at radius 1 is 1.20 bits per heavy atom. The fourth-order valence-corrected chi connectivity index (χ4v) is 3.02. The van der Waals surface area contributed by atoms with Crippen LogP contribution in [-0.2, 0) is 4.74 Å². The second-order valence-corrected chi connectivity index (χ2v) is 6.16. The topological polar surface area (TPSA) is 55.3 Å². The highest BCUT2D eigenvalue weighted by atomic mass is 19.4. The van der Waals surface area contributed by atoms with Gasteiger partial charge in [0.15, 0.2) is 6.04 Å². The molecule has 1 aromatic carbocycles. The van der Waals surface area contributed by atoms with E-state index in [1.807, 2.05) is 6.92 Å². The quantitative estimate of drug-likeness (QED) is 0.791. The number of hydrogen-bond acceptors (Lipinski definition) is 4. The first-order valence-corrected chi connectivity index (χ1v) is 7.93. The summed E-state index contributed by atoms with van der Waals surface area (Å²) < 4.78 is 45.2. The first-order chi connectivity index (χ1) is 11.7. The zero-order valence-electron chi connectivity index (χ0n) is 14.1. The number of amides is 1. The SMILES string of the molecule is Cc1nc2ccc(C(=O)N3CCO[C@@H](C)[C@H]3C(F)(F)F)cc2nc1C. The van der Waals surface area contributed by atoms with E-state index in [0.717, 1.165) is 10.6 Å². The molecular formula is C17H18F3N3O2. The number of nitrogens with zero attached hydrogens (tertiary/aromatic N) is 3. The van der Waals surface area contributed by atoms with Gasteiger partial charge in [0.2, 0.25) is 0 Å². The largest absolute Gasteiger partial charge is 0.411 e. The maximum Gasteiger partial charge on any atom is 0.411 e. The average Bonchev–Trinajstić information content (AvgIpc) is 2.53. The molecule has 2 heterocycles. The molecule has 0 aliphatic carbocycles. The lowest BCUT2D eigenvalue weighted by atomic mass is 10.1. The molecule has 1 aromatic heterocycles. The molecule has 25 heavy (non-hydrogen) atoms. The van der Waals surface area contributed by atoms with Crippen LogP contribution in [0.1, 0.15) is 28.7 Å². The summed E-state index contributed by atoms with van der Waals surface area (Å²) in [5.41, 5.74) is 2.73. The zero-order chi connectivity index (χ0) is 18.4. The summed E-state index contributed by atoms with van der Waals surface area (Å²) in [7, 11) is 0. The summed E-state index contributed by atoms with van der Waals surface area (Å²) in [4.78, 5) is 22.3. The van der Waals surface area contributed by atoms with Crippen molar-refractivity contribution in [1.29, 1.82) is 0 Å². The van der Waals surface area contributed by atoms with Crippen molar-refractivity contribution in [3.05, 3.63) is 35.2 Å². The van der Waals surface area contributed by atoms with Gasteiger partial charge in [0.25, 0.3) is 5.91 Å². The lowest BCUT2D eigenvalue weighted by molar-refractivity contribution is -0.220. The van der Waals surface area contributed by atoms with E-state index >= 15 is 0 Å². The van der Waals surface area contributed by atoms with Gasteiger partial charge in [-0.25, -0.2) is 9.97 Å².